The number of hydrogen-bond donors (Lipinski definition) is 0. The van der Waals surface area contributed by atoms with Crippen molar-refractivity contribution in [3.05, 3.63) is 194 Å². The van der Waals surface area contributed by atoms with Crippen molar-refractivity contribution in [3.63, 3.8) is 0 Å². The molecule has 0 amide bonds. The van der Waals surface area contributed by atoms with Crippen LogP contribution in [0.15, 0.2) is 183 Å². The lowest BCUT2D eigenvalue weighted by atomic mass is 10.1. The summed E-state index contributed by atoms with van der Waals surface area (Å²) in [4.78, 5) is 19.4. The highest BCUT2D eigenvalue weighted by Crippen LogP contribution is 2.38. The summed E-state index contributed by atoms with van der Waals surface area (Å²) >= 11 is 0. The van der Waals surface area contributed by atoms with Gasteiger partial charge >= 0.3 is 0 Å². The van der Waals surface area contributed by atoms with Crippen LogP contribution in [0.4, 0.5) is 0 Å². The summed E-state index contributed by atoms with van der Waals surface area (Å²) in [6.45, 7) is 4.38. The van der Waals surface area contributed by atoms with Crippen molar-refractivity contribution in [2.75, 3.05) is 0 Å². The van der Waals surface area contributed by atoms with Crippen LogP contribution < -0.4 is 9.47 Å². The van der Waals surface area contributed by atoms with Gasteiger partial charge in [0.15, 0.2) is 0 Å². The molecule has 8 heteroatoms. The van der Waals surface area contributed by atoms with Crippen molar-refractivity contribution in [1.29, 1.82) is 0 Å². The van der Waals surface area contributed by atoms with Crippen molar-refractivity contribution in [1.82, 2.24) is 29.1 Å². The van der Waals surface area contributed by atoms with E-state index in [-0.39, 0.29) is 0 Å². The third kappa shape index (κ3) is 7.28. The predicted molar refractivity (Wildman–Crippen MR) is 258 cm³/mol. The molecule has 11 aromatic rings. The zero-order valence-electron chi connectivity index (χ0n) is 35.6. The molecule has 0 radical (unpaired) electrons. The van der Waals surface area contributed by atoms with Gasteiger partial charge in [0.2, 0.25) is 0 Å². The van der Waals surface area contributed by atoms with Crippen LogP contribution in [0.2, 0.25) is 0 Å². The van der Waals surface area contributed by atoms with Crippen molar-refractivity contribution in [2.45, 2.75) is 39.5 Å². The van der Waals surface area contributed by atoms with E-state index < -0.39 is 0 Å². The molecule has 0 saturated heterocycles. The minimum atomic E-state index is 0.706. The fraction of sp³-hybridized carbons (Fsp3) is 0.107. The third-order valence-corrected chi connectivity index (χ3v) is 11.8. The van der Waals surface area contributed by atoms with Crippen LogP contribution in [0.1, 0.15) is 37.8 Å². The fourth-order valence-corrected chi connectivity index (χ4v) is 8.83. The van der Waals surface area contributed by atoms with E-state index in [1.165, 1.54) is 21.9 Å². The Morgan fingerprint density at radius 2 is 0.812 bits per heavy atom. The van der Waals surface area contributed by atoms with Gasteiger partial charge in [-0.25, -0.2) is 9.97 Å². The van der Waals surface area contributed by atoms with Gasteiger partial charge in [0.1, 0.15) is 34.6 Å². The summed E-state index contributed by atoms with van der Waals surface area (Å²) in [5.41, 5.74) is 10.1. The van der Waals surface area contributed by atoms with Crippen molar-refractivity contribution >= 4 is 43.6 Å². The molecule has 0 unspecified atom stereocenters. The zero-order chi connectivity index (χ0) is 43.0. The van der Waals surface area contributed by atoms with Crippen molar-refractivity contribution in [3.8, 4) is 57.1 Å². The second-order valence-corrected chi connectivity index (χ2v) is 16.2. The third-order valence-electron chi connectivity index (χ3n) is 11.8. The van der Waals surface area contributed by atoms with E-state index in [0.29, 0.717) is 11.5 Å². The smallest absolute Gasteiger partial charge is 0.137 e. The number of para-hydroxylation sites is 2. The average Bonchev–Trinajstić information content (AvgIpc) is 3.84. The molecule has 0 N–H and O–H groups in total. The second kappa shape index (κ2) is 16.6. The number of aryl methyl sites for hydroxylation is 2. The molecule has 64 heavy (non-hydrogen) atoms. The van der Waals surface area contributed by atoms with Gasteiger partial charge in [-0.15, -0.1) is 0 Å². The van der Waals surface area contributed by atoms with Crippen molar-refractivity contribution < 1.29 is 9.47 Å². The van der Waals surface area contributed by atoms with Crippen LogP contribution in [0.5, 0.6) is 23.0 Å². The molecule has 8 nitrogen and oxygen atoms in total. The highest BCUT2D eigenvalue weighted by molar-refractivity contribution is 6.10. The molecule has 5 aromatic heterocycles. The van der Waals surface area contributed by atoms with Gasteiger partial charge in [0.25, 0.3) is 0 Å². The van der Waals surface area contributed by atoms with E-state index in [0.717, 1.165) is 104 Å². The first-order valence-electron chi connectivity index (χ1n) is 22.0. The molecule has 0 fully saturated rings. The highest BCUT2D eigenvalue weighted by Gasteiger charge is 2.17. The summed E-state index contributed by atoms with van der Waals surface area (Å²) in [5, 5.41) is 4.64. The Morgan fingerprint density at radius 3 is 1.23 bits per heavy atom. The van der Waals surface area contributed by atoms with Crippen LogP contribution >= 0.6 is 0 Å². The topological polar surface area (TPSA) is 79.9 Å². The van der Waals surface area contributed by atoms with Crippen LogP contribution in [0.3, 0.4) is 0 Å². The molecule has 11 rings (SSSR count). The maximum absolute atomic E-state index is 6.52. The Labute approximate surface area is 371 Å². The zero-order valence-corrected chi connectivity index (χ0v) is 35.6. The first-order valence-corrected chi connectivity index (χ1v) is 22.0. The van der Waals surface area contributed by atoms with Crippen LogP contribution in [0, 0.1) is 0 Å². The quantitative estimate of drug-likeness (QED) is 0.122. The van der Waals surface area contributed by atoms with E-state index in [1.807, 2.05) is 73.1 Å². The highest BCUT2D eigenvalue weighted by atomic mass is 16.5. The van der Waals surface area contributed by atoms with Gasteiger partial charge in [-0.2, -0.15) is 0 Å². The first kappa shape index (κ1) is 38.8. The molecular formula is C56H44N6O2. The van der Waals surface area contributed by atoms with Gasteiger partial charge in [0.05, 0.1) is 45.8 Å². The number of hydrogen-bond acceptors (Lipinski definition) is 6. The molecule has 0 spiro atoms. The average molecular weight is 833 g/mol. The minimum absolute atomic E-state index is 0.706. The van der Waals surface area contributed by atoms with E-state index >= 15 is 0 Å². The molecule has 0 saturated carbocycles. The van der Waals surface area contributed by atoms with Gasteiger partial charge in [-0.05, 0) is 96.8 Å². The first-order chi connectivity index (χ1) is 31.6. The van der Waals surface area contributed by atoms with Gasteiger partial charge < -0.3 is 9.47 Å². The van der Waals surface area contributed by atoms with Crippen LogP contribution in [0.25, 0.3) is 77.8 Å². The second-order valence-electron chi connectivity index (χ2n) is 16.2. The Balaban J connectivity index is 0.836. The normalized spacial score (nSPS) is 11.5. The summed E-state index contributed by atoms with van der Waals surface area (Å²) in [7, 11) is 0. The maximum Gasteiger partial charge on any atom is 0.137 e. The lowest BCUT2D eigenvalue weighted by Gasteiger charge is -2.11. The lowest BCUT2D eigenvalue weighted by Crippen LogP contribution is -1.98. The number of rotatable bonds is 12. The van der Waals surface area contributed by atoms with E-state index in [9.17, 15) is 0 Å². The number of nitrogens with zero attached hydrogens (tertiary/aromatic N) is 6. The monoisotopic (exact) mass is 832 g/mol. The SMILES string of the molecule is CCCc1ccc(-n2c3ccccc3c3ccc(Oc4cccc(-c5cnc(-c6cccc(Oc7ccc8c9ccccc9n(-c9ccc(CCC)cn9)c8c7)c6)cn5)c4)cc32)nc1. The minimum Gasteiger partial charge on any atom is -0.457 e. The summed E-state index contributed by atoms with van der Waals surface area (Å²) in [6, 6.07) is 53.9. The predicted octanol–water partition coefficient (Wildman–Crippen LogP) is 14.3. The number of ether oxygens (including phenoxy) is 2. The fourth-order valence-electron chi connectivity index (χ4n) is 8.83. The Kier molecular flexibility index (Phi) is 10.1. The Bertz CT molecular complexity index is 3230. The number of aromatic nitrogens is 6. The number of fused-ring (bicyclic) bond motifs is 6. The van der Waals surface area contributed by atoms with E-state index in [2.05, 4.69) is 120 Å². The summed E-state index contributed by atoms with van der Waals surface area (Å²) < 4.78 is 17.5. The van der Waals surface area contributed by atoms with Crippen LogP contribution in [-0.4, -0.2) is 29.1 Å². The van der Waals surface area contributed by atoms with E-state index in [4.69, 9.17) is 29.4 Å². The molecule has 6 aromatic carbocycles. The molecule has 0 aliphatic carbocycles. The standard InChI is InChI=1S/C56H44N6O2/c1-3-11-37-21-27-55(59-33-37)61-51-19-7-5-17-45(51)47-25-23-43(31-53(47)61)63-41-15-9-13-39(29-41)49-35-58-50(36-57-49)40-14-10-16-42(30-40)64-44-24-26-48-46-18-6-8-20-52(46)62(54(48)32-44)56-28-22-38(12-4-2)34-60-56/h5-10,13-36H,3-4,11-12H2,1-2H3. The molecular weight excluding hydrogens is 789 g/mol. The Morgan fingerprint density at radius 1 is 0.375 bits per heavy atom. The molecule has 0 aliphatic rings. The summed E-state index contributed by atoms with van der Waals surface area (Å²) in [5.74, 6) is 4.64. The largest absolute Gasteiger partial charge is 0.457 e. The molecule has 0 bridgehead atoms. The number of pyridine rings is 2. The molecule has 0 aliphatic heterocycles. The van der Waals surface area contributed by atoms with Gasteiger partial charge in [0, 0.05) is 57.2 Å². The molecule has 5 heterocycles. The molecule has 0 atom stereocenters. The molecule has 310 valence electrons. The Hall–Kier alpha value is -8.10. The maximum atomic E-state index is 6.52. The lowest BCUT2D eigenvalue weighted by molar-refractivity contribution is 0.483. The van der Waals surface area contributed by atoms with Gasteiger partial charge in [-0.1, -0.05) is 99.5 Å². The number of benzene rings is 6. The van der Waals surface area contributed by atoms with Gasteiger partial charge in [-0.3, -0.25) is 19.1 Å². The summed E-state index contributed by atoms with van der Waals surface area (Å²) in [6.07, 6.45) is 11.8. The van der Waals surface area contributed by atoms with E-state index in [1.54, 1.807) is 12.4 Å². The van der Waals surface area contributed by atoms with Crippen molar-refractivity contribution in [2.24, 2.45) is 0 Å². The van der Waals surface area contributed by atoms with Crippen LogP contribution in [-0.2, 0) is 12.8 Å².